The molecule has 11 heteroatoms. The van der Waals surface area contributed by atoms with Crippen molar-refractivity contribution in [3.05, 3.63) is 136 Å². The van der Waals surface area contributed by atoms with E-state index in [1.807, 2.05) is 31.2 Å². The van der Waals surface area contributed by atoms with E-state index in [4.69, 9.17) is 9.47 Å². The van der Waals surface area contributed by atoms with Crippen LogP contribution in [0.1, 0.15) is 33.9 Å². The fraction of sp³-hybridized carbons (Fsp3) is 0.143. The van der Waals surface area contributed by atoms with Crippen LogP contribution < -0.4 is 14.4 Å². The predicted molar refractivity (Wildman–Crippen MR) is 176 cm³/mol. The van der Waals surface area contributed by atoms with E-state index in [9.17, 15) is 19.1 Å². The van der Waals surface area contributed by atoms with Crippen molar-refractivity contribution in [3.8, 4) is 11.5 Å². The fourth-order valence-electron chi connectivity index (χ4n) is 5.07. The number of aliphatic hydroxyl groups excluding tert-OH is 1. The Hall–Kier alpha value is -5.00. The third-order valence-electron chi connectivity index (χ3n) is 7.55. The smallest absolute Gasteiger partial charge is 0.301 e. The van der Waals surface area contributed by atoms with Gasteiger partial charge >= 0.3 is 5.91 Å². The highest BCUT2D eigenvalue weighted by atomic mass is 32.2. The van der Waals surface area contributed by atoms with Gasteiger partial charge in [-0.25, -0.2) is 4.39 Å². The summed E-state index contributed by atoms with van der Waals surface area (Å²) in [5, 5.41) is 20.1. The summed E-state index contributed by atoms with van der Waals surface area (Å²) in [6, 6.07) is 27.0. The van der Waals surface area contributed by atoms with Crippen LogP contribution in [0, 0.1) is 12.7 Å². The lowest BCUT2D eigenvalue weighted by Gasteiger charge is -2.23. The van der Waals surface area contributed by atoms with E-state index >= 15 is 0 Å². The van der Waals surface area contributed by atoms with E-state index < -0.39 is 17.7 Å². The van der Waals surface area contributed by atoms with Crippen LogP contribution in [-0.4, -0.2) is 34.1 Å². The monoisotopic (exact) mass is 653 g/mol. The molecule has 1 unspecified atom stereocenters. The van der Waals surface area contributed by atoms with Crippen LogP contribution in [0.3, 0.4) is 0 Å². The zero-order valence-corrected chi connectivity index (χ0v) is 26.5. The number of thioether (sulfide) groups is 1. The highest BCUT2D eigenvalue weighted by Gasteiger charge is 2.48. The lowest BCUT2D eigenvalue weighted by atomic mass is 9.95. The number of aromatic nitrogens is 2. The molecule has 1 aliphatic rings. The summed E-state index contributed by atoms with van der Waals surface area (Å²) >= 11 is 2.37. The second-order valence-corrected chi connectivity index (χ2v) is 12.6. The Morgan fingerprint density at radius 1 is 0.935 bits per heavy atom. The van der Waals surface area contributed by atoms with Crippen molar-refractivity contribution in [2.45, 2.75) is 29.7 Å². The van der Waals surface area contributed by atoms with Crippen molar-refractivity contribution >= 4 is 45.7 Å². The molecule has 1 saturated heterocycles. The first-order valence-electron chi connectivity index (χ1n) is 14.3. The van der Waals surface area contributed by atoms with Crippen molar-refractivity contribution in [1.82, 2.24) is 10.2 Å². The molecule has 0 saturated carbocycles. The summed E-state index contributed by atoms with van der Waals surface area (Å²) in [6.07, 6.45) is 0. The Bertz CT molecular complexity index is 1940. The molecule has 0 bridgehead atoms. The normalized spacial score (nSPS) is 15.7. The van der Waals surface area contributed by atoms with Gasteiger partial charge in [0.2, 0.25) is 5.13 Å². The van der Waals surface area contributed by atoms with Crippen LogP contribution >= 0.6 is 23.1 Å². The summed E-state index contributed by atoms with van der Waals surface area (Å²) in [4.78, 5) is 28.4. The zero-order valence-electron chi connectivity index (χ0n) is 24.8. The van der Waals surface area contributed by atoms with Gasteiger partial charge in [0.25, 0.3) is 5.78 Å². The molecule has 2 heterocycles. The molecule has 6 rings (SSSR count). The van der Waals surface area contributed by atoms with Crippen LogP contribution in [0.5, 0.6) is 11.5 Å². The van der Waals surface area contributed by atoms with Crippen molar-refractivity contribution in [2.75, 3.05) is 12.0 Å². The number of hydrogen-bond acceptors (Lipinski definition) is 9. The Morgan fingerprint density at radius 3 is 2.41 bits per heavy atom. The molecular weight excluding hydrogens is 626 g/mol. The van der Waals surface area contributed by atoms with Gasteiger partial charge in [-0.2, -0.15) is 0 Å². The summed E-state index contributed by atoms with van der Waals surface area (Å²) in [5.74, 6) is -0.970. The number of carbonyl (C=O) groups excluding carboxylic acids is 2. The van der Waals surface area contributed by atoms with Gasteiger partial charge in [-0.15, -0.1) is 10.2 Å². The van der Waals surface area contributed by atoms with Crippen LogP contribution in [0.4, 0.5) is 9.52 Å². The molecule has 1 fully saturated rings. The summed E-state index contributed by atoms with van der Waals surface area (Å²) in [7, 11) is 1.52. The number of methoxy groups -OCH3 is 1. The van der Waals surface area contributed by atoms with Crippen LogP contribution in [0.2, 0.25) is 0 Å². The maximum atomic E-state index is 14.2. The molecule has 1 aromatic heterocycles. The average Bonchev–Trinajstić information content (AvgIpc) is 3.65. The minimum atomic E-state index is -1.01. The number of halogens is 1. The Labute approximate surface area is 273 Å². The SMILES string of the molecule is COc1cccc(C2C(=C(O)c3ccc(OCc4ccccc4C)cc3)C(=O)C(=O)N2c2nnc(SCc3ccccc3F)s2)c1. The lowest BCUT2D eigenvalue weighted by Crippen LogP contribution is -2.29. The predicted octanol–water partition coefficient (Wildman–Crippen LogP) is 7.49. The van der Waals surface area contributed by atoms with Gasteiger partial charge in [0.1, 0.15) is 29.7 Å². The first-order chi connectivity index (χ1) is 22.3. The maximum Gasteiger partial charge on any atom is 0.301 e. The quantitative estimate of drug-likeness (QED) is 0.0544. The minimum Gasteiger partial charge on any atom is -0.507 e. The van der Waals surface area contributed by atoms with E-state index in [1.54, 1.807) is 66.7 Å². The van der Waals surface area contributed by atoms with E-state index in [2.05, 4.69) is 10.2 Å². The van der Waals surface area contributed by atoms with Gasteiger partial charge in [0.05, 0.1) is 18.7 Å². The molecule has 46 heavy (non-hydrogen) atoms. The fourth-order valence-corrected chi connectivity index (χ4v) is 6.92. The first kappa shape index (κ1) is 31.0. The number of aryl methyl sites for hydroxylation is 1. The van der Waals surface area contributed by atoms with Crippen LogP contribution in [0.25, 0.3) is 5.76 Å². The molecule has 5 aromatic rings. The van der Waals surface area contributed by atoms with Gasteiger partial charge in [0.15, 0.2) is 4.34 Å². The Balaban J connectivity index is 1.32. The standard InChI is InChI=1S/C35H28FN3O5S2/c1-21-8-3-4-9-24(21)19-44-26-16-14-22(15-17-26)31(40)29-30(23-11-7-12-27(18-23)43-2)39(33(42)32(29)41)34-37-38-35(46-34)45-20-25-10-5-6-13-28(25)36/h3-18,30,40H,19-20H2,1-2H3. The third kappa shape index (κ3) is 6.37. The first-order valence-corrected chi connectivity index (χ1v) is 16.1. The Morgan fingerprint density at radius 2 is 1.67 bits per heavy atom. The number of Topliss-reactive ketones (excluding diaryl/α,β-unsaturated/α-hetero) is 1. The van der Waals surface area contributed by atoms with Gasteiger partial charge in [-0.3, -0.25) is 14.5 Å². The zero-order chi connectivity index (χ0) is 32.2. The third-order valence-corrected chi connectivity index (χ3v) is 9.65. The number of nitrogens with zero attached hydrogens (tertiary/aromatic N) is 3. The van der Waals surface area contributed by atoms with Crippen molar-refractivity contribution in [1.29, 1.82) is 0 Å². The molecule has 0 aliphatic carbocycles. The highest BCUT2D eigenvalue weighted by molar-refractivity contribution is 8.00. The molecule has 0 spiro atoms. The van der Waals surface area contributed by atoms with E-state index in [0.29, 0.717) is 44.9 Å². The van der Waals surface area contributed by atoms with Crippen LogP contribution in [0.15, 0.2) is 107 Å². The number of rotatable bonds is 10. The second-order valence-electron chi connectivity index (χ2n) is 10.4. The van der Waals surface area contributed by atoms with E-state index in [0.717, 1.165) is 22.5 Å². The van der Waals surface area contributed by atoms with Gasteiger partial charge < -0.3 is 14.6 Å². The average molecular weight is 654 g/mol. The molecule has 1 amide bonds. The number of benzene rings is 4. The number of ketones is 1. The summed E-state index contributed by atoms with van der Waals surface area (Å²) in [6.45, 7) is 2.39. The van der Waals surface area contributed by atoms with Crippen molar-refractivity contribution in [2.24, 2.45) is 0 Å². The van der Waals surface area contributed by atoms with Gasteiger partial charge in [-0.05, 0) is 71.6 Å². The molecule has 4 aromatic carbocycles. The largest absolute Gasteiger partial charge is 0.507 e. The molecule has 1 aliphatic heterocycles. The second kappa shape index (κ2) is 13.6. The van der Waals surface area contributed by atoms with Crippen molar-refractivity contribution in [3.63, 3.8) is 0 Å². The Kier molecular flexibility index (Phi) is 9.13. The lowest BCUT2D eigenvalue weighted by molar-refractivity contribution is -0.132. The van der Waals surface area contributed by atoms with Crippen molar-refractivity contribution < 1.29 is 28.6 Å². The minimum absolute atomic E-state index is 0.0948. The summed E-state index contributed by atoms with van der Waals surface area (Å²) < 4.78 is 26.0. The molecule has 232 valence electrons. The van der Waals surface area contributed by atoms with Gasteiger partial charge in [-0.1, -0.05) is 77.7 Å². The molecular formula is C35H28FN3O5S2. The molecule has 1 atom stereocenters. The highest BCUT2D eigenvalue weighted by Crippen LogP contribution is 2.44. The number of aliphatic hydroxyl groups is 1. The number of anilines is 1. The summed E-state index contributed by atoms with van der Waals surface area (Å²) in [5.41, 5.74) is 3.46. The number of ether oxygens (including phenoxy) is 2. The molecule has 8 nitrogen and oxygen atoms in total. The molecule has 1 N–H and O–H groups in total. The van der Waals surface area contributed by atoms with E-state index in [-0.39, 0.29) is 22.3 Å². The number of amides is 1. The van der Waals surface area contributed by atoms with E-state index in [1.165, 1.54) is 29.8 Å². The van der Waals surface area contributed by atoms with Crippen LogP contribution in [-0.2, 0) is 21.9 Å². The number of carbonyl (C=O) groups is 2. The topological polar surface area (TPSA) is 102 Å². The van der Waals surface area contributed by atoms with Gasteiger partial charge in [0, 0.05) is 11.3 Å². The molecule has 0 radical (unpaired) electrons. The number of hydrogen-bond donors (Lipinski definition) is 1. The maximum absolute atomic E-state index is 14.2.